The van der Waals surface area contributed by atoms with Crippen LogP contribution >= 0.6 is 0 Å². The molecule has 0 unspecified atom stereocenters. The second kappa shape index (κ2) is 78.0. The van der Waals surface area contributed by atoms with Gasteiger partial charge in [-0.1, -0.05) is 324 Å². The molecule has 0 spiro atoms. The van der Waals surface area contributed by atoms with Gasteiger partial charge in [-0.2, -0.15) is 25.3 Å². The quantitative estimate of drug-likeness (QED) is 0.0220. The maximum Gasteiger partial charge on any atom is 1.00 e. The van der Waals surface area contributed by atoms with E-state index in [4.69, 9.17) is 13.7 Å². The summed E-state index contributed by atoms with van der Waals surface area (Å²) < 4.78 is 168. The van der Waals surface area contributed by atoms with Gasteiger partial charge in [0.1, 0.15) is 0 Å². The molecular formula is C60H128Na2O20S5. The van der Waals surface area contributed by atoms with Crippen LogP contribution in [0.5, 0.6) is 0 Å². The predicted octanol–water partition coefficient (Wildman–Crippen LogP) is 12.0. The zero-order chi connectivity index (χ0) is 64.9. The maximum atomic E-state index is 10.2. The summed E-state index contributed by atoms with van der Waals surface area (Å²) in [4.78, 5) is 0. The standard InChI is InChI=1S/5C12H26O4S.2Na/c5*1-2-3-4-5-6-7-8-9-10-11-12-16-17(13,14)15;;/h5*2-12H2,1H3,(H,13,14,15);;/q;;;;;2*+1/p-2. The van der Waals surface area contributed by atoms with Crippen molar-refractivity contribution in [2.75, 3.05) is 33.0 Å². The Kier molecular flexibility index (Phi) is 91.4. The van der Waals surface area contributed by atoms with Crippen molar-refractivity contribution in [3.63, 3.8) is 0 Å². The summed E-state index contributed by atoms with van der Waals surface area (Å²) in [5.74, 6) is 0. The van der Waals surface area contributed by atoms with Gasteiger partial charge in [-0.15, -0.1) is 0 Å². The maximum absolute atomic E-state index is 10.2. The predicted molar refractivity (Wildman–Crippen MR) is 343 cm³/mol. The Morgan fingerprint density at radius 1 is 0.207 bits per heavy atom. The molecule has 520 valence electrons. The second-order valence-corrected chi connectivity index (χ2v) is 27.5. The largest absolute Gasteiger partial charge is 1.00 e. The molecule has 0 atom stereocenters. The Balaban J connectivity index is -0.000000183. The van der Waals surface area contributed by atoms with Gasteiger partial charge >= 0.3 is 90.3 Å². The molecule has 20 nitrogen and oxygen atoms in total. The second-order valence-electron chi connectivity index (χ2n) is 22.1. The molecule has 0 fully saturated rings. The van der Waals surface area contributed by atoms with E-state index in [2.05, 4.69) is 55.5 Å². The van der Waals surface area contributed by atoms with E-state index in [-0.39, 0.29) is 92.1 Å². The smallest absolute Gasteiger partial charge is 0.726 e. The van der Waals surface area contributed by atoms with Crippen LogP contribution in [0.4, 0.5) is 0 Å². The van der Waals surface area contributed by atoms with E-state index in [1.165, 1.54) is 225 Å². The van der Waals surface area contributed by atoms with Crippen molar-refractivity contribution in [2.24, 2.45) is 0 Å². The van der Waals surface area contributed by atoms with E-state index >= 15 is 0 Å². The van der Waals surface area contributed by atoms with E-state index in [1.807, 2.05) is 0 Å². The van der Waals surface area contributed by atoms with E-state index in [1.54, 1.807) is 0 Å². The van der Waals surface area contributed by atoms with Crippen LogP contribution in [0.15, 0.2) is 0 Å². The van der Waals surface area contributed by atoms with E-state index < -0.39 is 52.0 Å². The SMILES string of the molecule is CCCCCCCCCCCCOS(=O)(=O)O.CCCCCCCCCCCCOS(=O)(=O)O.CCCCCCCCCCCCOS(=O)(=O)O.CCCCCCCCCCCCOS(=O)(=O)[O-].CCCCCCCCCCCCOS(=O)(=O)[O-].[Na+].[Na+]. The Bertz CT molecular complexity index is 1570. The Hall–Kier alpha value is 1.35. The normalized spacial score (nSPS) is 11.6. The summed E-state index contributed by atoms with van der Waals surface area (Å²) in [7, 11) is -21.7. The Morgan fingerprint density at radius 3 is 0.414 bits per heavy atom. The monoisotopic (exact) mass is 1370 g/mol. The van der Waals surface area contributed by atoms with Crippen LogP contribution in [0.2, 0.25) is 0 Å². The van der Waals surface area contributed by atoms with Crippen molar-refractivity contribution in [3.8, 4) is 0 Å². The number of unbranched alkanes of at least 4 members (excludes halogenated alkanes) is 45. The molecule has 3 N–H and O–H groups in total. The molecule has 0 radical (unpaired) electrons. The third kappa shape index (κ3) is 125. The zero-order valence-corrected chi connectivity index (χ0v) is 64.3. The molecule has 0 heterocycles. The molecule has 0 aromatic carbocycles. The Labute approximate surface area is 580 Å². The molecule has 0 saturated carbocycles. The number of rotatable bonds is 60. The number of hydrogen-bond donors (Lipinski definition) is 3. The van der Waals surface area contributed by atoms with Crippen molar-refractivity contribution in [3.05, 3.63) is 0 Å². The fraction of sp³-hybridized carbons (Fsp3) is 1.00. The molecule has 0 amide bonds. The molecule has 0 bridgehead atoms. The summed E-state index contributed by atoms with van der Waals surface area (Å²) in [6.07, 6.45) is 59.0. The minimum Gasteiger partial charge on any atom is -0.726 e. The first kappa shape index (κ1) is 102. The molecule has 27 heteroatoms. The molecule has 0 aromatic heterocycles. The van der Waals surface area contributed by atoms with Crippen molar-refractivity contribution < 1.29 is 145 Å². The minimum atomic E-state index is -4.48. The van der Waals surface area contributed by atoms with Gasteiger partial charge in [0.05, 0.1) is 33.0 Å². The van der Waals surface area contributed by atoms with Crippen molar-refractivity contribution in [1.29, 1.82) is 0 Å². The van der Waals surface area contributed by atoms with Crippen molar-refractivity contribution in [1.82, 2.24) is 0 Å². The summed E-state index contributed by atoms with van der Waals surface area (Å²) in [5.41, 5.74) is 0. The summed E-state index contributed by atoms with van der Waals surface area (Å²) in [6, 6.07) is 0. The van der Waals surface area contributed by atoms with Crippen LogP contribution in [-0.2, 0) is 72.9 Å². The van der Waals surface area contributed by atoms with E-state index in [0.717, 1.165) is 64.2 Å². The first-order valence-corrected chi connectivity index (χ1v) is 40.1. The third-order valence-corrected chi connectivity index (χ3v) is 15.9. The van der Waals surface area contributed by atoms with Crippen LogP contribution in [0, 0.1) is 0 Å². The van der Waals surface area contributed by atoms with Gasteiger partial charge in [0.25, 0.3) is 0 Å². The van der Waals surface area contributed by atoms with Crippen LogP contribution in [0.3, 0.4) is 0 Å². The molecule has 87 heavy (non-hydrogen) atoms. The molecular weight excluding hydrogens is 1250 g/mol. The van der Waals surface area contributed by atoms with Crippen LogP contribution < -0.4 is 59.1 Å². The van der Waals surface area contributed by atoms with Gasteiger partial charge < -0.3 is 9.11 Å². The van der Waals surface area contributed by atoms with Gasteiger partial charge in [0, 0.05) is 0 Å². The fourth-order valence-electron chi connectivity index (χ4n) is 8.76. The minimum absolute atomic E-state index is 0. The molecule has 0 aromatic rings. The van der Waals surface area contributed by atoms with Crippen LogP contribution in [-0.4, -0.2) is 97.9 Å². The fourth-order valence-corrected chi connectivity index (χ4v) is 10.4. The number of hydrogen-bond acceptors (Lipinski definition) is 17. The van der Waals surface area contributed by atoms with Crippen LogP contribution in [0.1, 0.15) is 356 Å². The average Bonchev–Trinajstić information content (AvgIpc) is 3.41. The molecule has 0 rings (SSSR count). The van der Waals surface area contributed by atoms with Crippen molar-refractivity contribution >= 4 is 52.0 Å². The van der Waals surface area contributed by atoms with Crippen molar-refractivity contribution in [2.45, 2.75) is 356 Å². The van der Waals surface area contributed by atoms with Gasteiger partial charge in [-0.3, -0.25) is 22.0 Å². The van der Waals surface area contributed by atoms with Gasteiger partial charge in [0.15, 0.2) is 0 Å². The van der Waals surface area contributed by atoms with E-state index in [0.29, 0.717) is 32.1 Å². The zero-order valence-electron chi connectivity index (χ0n) is 56.2. The van der Waals surface area contributed by atoms with E-state index in [9.17, 15) is 51.2 Å². The van der Waals surface area contributed by atoms with Gasteiger partial charge in [0.2, 0.25) is 20.8 Å². The summed E-state index contributed by atoms with van der Waals surface area (Å²) in [6.45, 7) is 11.4. The molecule has 0 saturated heterocycles. The summed E-state index contributed by atoms with van der Waals surface area (Å²) in [5, 5.41) is 0. The first-order valence-electron chi connectivity index (χ1n) is 33.4. The first-order chi connectivity index (χ1) is 40.3. The molecule has 0 aliphatic rings. The Morgan fingerprint density at radius 2 is 0.310 bits per heavy atom. The van der Waals surface area contributed by atoms with Gasteiger partial charge in [-0.05, 0) is 32.1 Å². The van der Waals surface area contributed by atoms with Crippen LogP contribution in [0.25, 0.3) is 0 Å². The topological polar surface area (TPSA) is 324 Å². The summed E-state index contributed by atoms with van der Waals surface area (Å²) >= 11 is 0. The third-order valence-electron chi connectivity index (χ3n) is 13.6. The molecule has 0 aliphatic heterocycles. The average molecular weight is 1380 g/mol. The molecule has 0 aliphatic carbocycles. The van der Waals surface area contributed by atoms with Gasteiger partial charge in [-0.25, -0.2) is 29.4 Å².